The molecular weight excluding hydrogens is 148 g/mol. The van der Waals surface area contributed by atoms with Crippen LogP contribution in [0.5, 0.6) is 11.8 Å². The first kappa shape index (κ1) is 7.62. The maximum Gasteiger partial charge on any atom is 0.250 e. The predicted molar refractivity (Wildman–Crippen MR) is 37.4 cm³/mol. The van der Waals surface area contributed by atoms with E-state index in [9.17, 15) is 4.79 Å². The fraction of sp³-hybridized carbons (Fsp3) is 0.167. The molecule has 0 aliphatic rings. The van der Waals surface area contributed by atoms with Crippen molar-refractivity contribution in [3.05, 3.63) is 12.1 Å². The number of aromatic nitrogens is 1. The monoisotopic (exact) mass is 156 g/mol. The Bertz CT molecular complexity index is 260. The van der Waals surface area contributed by atoms with E-state index in [1.54, 1.807) is 0 Å². The zero-order valence-electron chi connectivity index (χ0n) is 5.69. The van der Waals surface area contributed by atoms with E-state index in [0.29, 0.717) is 0 Å². The van der Waals surface area contributed by atoms with E-state index in [0.717, 1.165) is 4.57 Å². The van der Waals surface area contributed by atoms with Crippen LogP contribution in [0.4, 0.5) is 0 Å². The van der Waals surface area contributed by atoms with Crippen LogP contribution in [0.1, 0.15) is 4.79 Å². The molecule has 0 spiro atoms. The summed E-state index contributed by atoms with van der Waals surface area (Å²) in [6, 6.07) is 2.42. The maximum absolute atomic E-state index is 10.8. The van der Waals surface area contributed by atoms with Crippen LogP contribution >= 0.6 is 0 Å². The van der Waals surface area contributed by atoms with Gasteiger partial charge in [0.1, 0.15) is 0 Å². The van der Waals surface area contributed by atoms with Crippen molar-refractivity contribution in [2.75, 3.05) is 6.54 Å². The van der Waals surface area contributed by atoms with Gasteiger partial charge in [-0.05, 0) is 0 Å². The quantitative estimate of drug-likeness (QED) is 0.511. The number of aromatic hydroxyl groups is 2. The first-order chi connectivity index (χ1) is 5.16. The summed E-state index contributed by atoms with van der Waals surface area (Å²) in [5, 5.41) is 17.9. The third-order valence-corrected chi connectivity index (χ3v) is 1.26. The Balaban J connectivity index is 3.10. The molecular formula is C6H8N2O3. The minimum absolute atomic E-state index is 0.254. The van der Waals surface area contributed by atoms with Gasteiger partial charge in [0.2, 0.25) is 17.7 Å². The lowest BCUT2D eigenvalue weighted by Gasteiger charge is -2.01. The highest BCUT2D eigenvalue weighted by Crippen LogP contribution is 2.19. The number of carbonyl (C=O) groups is 1. The van der Waals surface area contributed by atoms with Gasteiger partial charge in [-0.2, -0.15) is 0 Å². The Morgan fingerprint density at radius 2 is 1.91 bits per heavy atom. The van der Waals surface area contributed by atoms with E-state index in [4.69, 9.17) is 15.9 Å². The van der Waals surface area contributed by atoms with Gasteiger partial charge in [0, 0.05) is 12.1 Å². The molecule has 1 heterocycles. The van der Waals surface area contributed by atoms with E-state index in [-0.39, 0.29) is 18.3 Å². The minimum atomic E-state index is -0.551. The molecule has 0 saturated carbocycles. The highest BCUT2D eigenvalue weighted by molar-refractivity contribution is 5.83. The average Bonchev–Trinajstić information content (AvgIpc) is 2.30. The zero-order valence-corrected chi connectivity index (χ0v) is 5.69. The number of hydrogen-bond acceptors (Lipinski definition) is 4. The number of rotatable bonds is 1. The molecule has 0 amide bonds. The predicted octanol–water partition coefficient (Wildman–Crippen LogP) is -0.502. The van der Waals surface area contributed by atoms with Gasteiger partial charge in [-0.25, -0.2) is 4.57 Å². The van der Waals surface area contributed by atoms with E-state index >= 15 is 0 Å². The van der Waals surface area contributed by atoms with Crippen LogP contribution in [0.15, 0.2) is 12.1 Å². The van der Waals surface area contributed by atoms with Crippen LogP contribution in [0, 0.1) is 0 Å². The van der Waals surface area contributed by atoms with Crippen LogP contribution in [0.3, 0.4) is 0 Å². The number of nitrogens with two attached hydrogens (primary N) is 1. The normalized spacial score (nSPS) is 9.91. The average molecular weight is 156 g/mol. The molecule has 0 aliphatic heterocycles. The molecule has 60 valence electrons. The van der Waals surface area contributed by atoms with Crippen LogP contribution in [-0.2, 0) is 0 Å². The van der Waals surface area contributed by atoms with Crippen molar-refractivity contribution >= 4 is 5.91 Å². The SMILES string of the molecule is NCC(=O)n1c(O)ccc1O. The summed E-state index contributed by atoms with van der Waals surface area (Å²) in [5.74, 6) is -1.17. The second kappa shape index (κ2) is 2.63. The lowest BCUT2D eigenvalue weighted by atomic mass is 10.6. The van der Waals surface area contributed by atoms with E-state index in [1.165, 1.54) is 12.1 Å². The molecule has 0 atom stereocenters. The smallest absolute Gasteiger partial charge is 0.250 e. The maximum atomic E-state index is 10.8. The lowest BCUT2D eigenvalue weighted by molar-refractivity contribution is 0.0905. The number of nitrogens with zero attached hydrogens (tertiary/aromatic N) is 1. The Morgan fingerprint density at radius 1 is 1.45 bits per heavy atom. The Morgan fingerprint density at radius 3 is 2.27 bits per heavy atom. The third kappa shape index (κ3) is 1.18. The van der Waals surface area contributed by atoms with Gasteiger partial charge >= 0.3 is 0 Å². The topological polar surface area (TPSA) is 88.5 Å². The molecule has 1 aromatic rings. The molecule has 0 saturated heterocycles. The summed E-state index contributed by atoms with van der Waals surface area (Å²) in [7, 11) is 0. The van der Waals surface area contributed by atoms with Gasteiger partial charge in [0.15, 0.2) is 0 Å². The highest BCUT2D eigenvalue weighted by Gasteiger charge is 2.11. The Labute approximate surface area is 62.7 Å². The summed E-state index contributed by atoms with van der Waals surface area (Å²) < 4.78 is 0.736. The molecule has 0 bridgehead atoms. The molecule has 0 aliphatic carbocycles. The van der Waals surface area contributed by atoms with Gasteiger partial charge in [-0.3, -0.25) is 4.79 Å². The molecule has 1 rings (SSSR count). The summed E-state index contributed by atoms with van der Waals surface area (Å²) in [6.45, 7) is -0.254. The molecule has 5 nitrogen and oxygen atoms in total. The van der Waals surface area contributed by atoms with Crippen LogP contribution < -0.4 is 5.73 Å². The van der Waals surface area contributed by atoms with Crippen LogP contribution in [0.25, 0.3) is 0 Å². The van der Waals surface area contributed by atoms with E-state index in [1.807, 2.05) is 0 Å². The summed E-state index contributed by atoms with van der Waals surface area (Å²) >= 11 is 0. The molecule has 0 unspecified atom stereocenters. The van der Waals surface area contributed by atoms with Gasteiger partial charge in [0.05, 0.1) is 6.54 Å². The standard InChI is InChI=1S/C6H8N2O3/c7-3-6(11)8-4(9)1-2-5(8)10/h1-2,9-10H,3,7H2. The Kier molecular flexibility index (Phi) is 1.82. The molecule has 11 heavy (non-hydrogen) atoms. The summed E-state index contributed by atoms with van der Waals surface area (Å²) in [4.78, 5) is 10.8. The van der Waals surface area contributed by atoms with Gasteiger partial charge in [0.25, 0.3) is 0 Å². The second-order valence-electron chi connectivity index (χ2n) is 1.98. The van der Waals surface area contributed by atoms with Crippen molar-refractivity contribution in [3.63, 3.8) is 0 Å². The highest BCUT2D eigenvalue weighted by atomic mass is 16.3. The molecule has 0 fully saturated rings. The second-order valence-corrected chi connectivity index (χ2v) is 1.98. The largest absolute Gasteiger partial charge is 0.494 e. The molecule has 4 N–H and O–H groups in total. The summed E-state index contributed by atoms with van der Waals surface area (Å²) in [5.41, 5.74) is 5.01. The molecule has 5 heteroatoms. The first-order valence-corrected chi connectivity index (χ1v) is 2.99. The number of hydrogen-bond donors (Lipinski definition) is 3. The van der Waals surface area contributed by atoms with Crippen molar-refractivity contribution < 1.29 is 15.0 Å². The molecule has 0 radical (unpaired) electrons. The van der Waals surface area contributed by atoms with Crippen molar-refractivity contribution in [1.82, 2.24) is 4.57 Å². The van der Waals surface area contributed by atoms with Crippen molar-refractivity contribution in [2.24, 2.45) is 5.73 Å². The fourth-order valence-electron chi connectivity index (χ4n) is 0.762. The van der Waals surface area contributed by atoms with Gasteiger partial charge in [-0.15, -0.1) is 0 Å². The summed E-state index contributed by atoms with van der Waals surface area (Å²) in [6.07, 6.45) is 0. The number of carbonyl (C=O) groups excluding carboxylic acids is 1. The zero-order chi connectivity index (χ0) is 8.43. The van der Waals surface area contributed by atoms with E-state index in [2.05, 4.69) is 0 Å². The third-order valence-electron chi connectivity index (χ3n) is 1.26. The van der Waals surface area contributed by atoms with Crippen LogP contribution in [0.2, 0.25) is 0 Å². The van der Waals surface area contributed by atoms with Gasteiger partial charge in [-0.1, -0.05) is 0 Å². The van der Waals surface area contributed by atoms with Crippen molar-refractivity contribution in [2.45, 2.75) is 0 Å². The molecule has 1 aromatic heterocycles. The lowest BCUT2D eigenvalue weighted by Crippen LogP contribution is -2.20. The Hall–Kier alpha value is -1.49. The van der Waals surface area contributed by atoms with E-state index < -0.39 is 5.91 Å². The van der Waals surface area contributed by atoms with Crippen molar-refractivity contribution in [1.29, 1.82) is 0 Å². The fourth-order valence-corrected chi connectivity index (χ4v) is 0.762. The minimum Gasteiger partial charge on any atom is -0.494 e. The van der Waals surface area contributed by atoms with Gasteiger partial charge < -0.3 is 15.9 Å². The van der Waals surface area contributed by atoms with Crippen LogP contribution in [-0.4, -0.2) is 27.2 Å². The van der Waals surface area contributed by atoms with Crippen molar-refractivity contribution in [3.8, 4) is 11.8 Å². The first-order valence-electron chi connectivity index (χ1n) is 2.99. The molecule has 0 aromatic carbocycles.